The molecule has 0 spiro atoms. The van der Waals surface area contributed by atoms with Crippen LogP contribution in [0.3, 0.4) is 0 Å². The van der Waals surface area contributed by atoms with Crippen LogP contribution < -0.4 is 9.64 Å². The Kier molecular flexibility index (Phi) is 4.11. The number of alkyl halides is 1. The number of hydrogen-bond acceptors (Lipinski definition) is 2. The zero-order chi connectivity index (χ0) is 13.0. The van der Waals surface area contributed by atoms with Crippen LogP contribution in [0.2, 0.25) is 0 Å². The van der Waals surface area contributed by atoms with Crippen molar-refractivity contribution in [2.75, 3.05) is 19.1 Å². The monoisotopic (exact) mass is 261 g/mol. The number of ether oxygens (including phenoxy) is 1. The van der Waals surface area contributed by atoms with E-state index in [0.29, 0.717) is 5.88 Å². The Morgan fingerprint density at radius 1 is 0.944 bits per heavy atom. The second kappa shape index (κ2) is 5.78. The van der Waals surface area contributed by atoms with Gasteiger partial charge in [-0.25, -0.2) is 0 Å². The number of nitrogens with zero attached hydrogens (tertiary/aromatic N) is 1. The molecule has 0 aliphatic carbocycles. The van der Waals surface area contributed by atoms with Crippen LogP contribution in [-0.4, -0.2) is 14.2 Å². The van der Waals surface area contributed by atoms with Crippen LogP contribution in [0.1, 0.15) is 5.56 Å². The molecule has 0 N–H and O–H groups in total. The molecule has 0 heterocycles. The number of halogens is 1. The summed E-state index contributed by atoms with van der Waals surface area (Å²) in [5, 5.41) is 0. The van der Waals surface area contributed by atoms with Crippen LogP contribution in [0.5, 0.6) is 5.75 Å². The van der Waals surface area contributed by atoms with Crippen LogP contribution in [0, 0.1) is 0 Å². The van der Waals surface area contributed by atoms with Crippen LogP contribution in [0.15, 0.2) is 48.5 Å². The van der Waals surface area contributed by atoms with Crippen molar-refractivity contribution in [3.63, 3.8) is 0 Å². The highest BCUT2D eigenvalue weighted by molar-refractivity contribution is 6.17. The van der Waals surface area contributed by atoms with Gasteiger partial charge in [0.15, 0.2) is 0 Å². The lowest BCUT2D eigenvalue weighted by Crippen LogP contribution is -2.09. The van der Waals surface area contributed by atoms with Gasteiger partial charge in [-0.2, -0.15) is 0 Å². The lowest BCUT2D eigenvalue weighted by Gasteiger charge is -2.20. The Balaban J connectivity index is 2.20. The normalized spacial score (nSPS) is 10.2. The van der Waals surface area contributed by atoms with Crippen molar-refractivity contribution in [2.24, 2.45) is 0 Å². The van der Waals surface area contributed by atoms with E-state index >= 15 is 0 Å². The number of benzene rings is 2. The molecule has 0 radical (unpaired) electrons. The maximum Gasteiger partial charge on any atom is 0.119 e. The predicted molar refractivity (Wildman–Crippen MR) is 77.1 cm³/mol. The van der Waals surface area contributed by atoms with E-state index in [1.165, 1.54) is 0 Å². The molecule has 0 aromatic heterocycles. The van der Waals surface area contributed by atoms with Crippen molar-refractivity contribution in [2.45, 2.75) is 5.88 Å². The number of hydrogen-bond donors (Lipinski definition) is 0. The maximum absolute atomic E-state index is 5.78. The van der Waals surface area contributed by atoms with Crippen molar-refractivity contribution in [3.05, 3.63) is 54.1 Å². The summed E-state index contributed by atoms with van der Waals surface area (Å²) in [5.41, 5.74) is 3.38. The highest BCUT2D eigenvalue weighted by atomic mass is 35.5. The second-order valence-corrected chi connectivity index (χ2v) is 4.32. The van der Waals surface area contributed by atoms with E-state index in [-0.39, 0.29) is 0 Å². The summed E-state index contributed by atoms with van der Waals surface area (Å²) in [4.78, 5) is 2.12. The molecule has 2 nitrogen and oxygen atoms in total. The van der Waals surface area contributed by atoms with Gasteiger partial charge >= 0.3 is 0 Å². The first-order chi connectivity index (χ1) is 8.74. The molecule has 0 saturated heterocycles. The van der Waals surface area contributed by atoms with Gasteiger partial charge in [0.2, 0.25) is 0 Å². The summed E-state index contributed by atoms with van der Waals surface area (Å²) in [5.74, 6) is 1.41. The van der Waals surface area contributed by atoms with Gasteiger partial charge in [0.1, 0.15) is 5.75 Å². The molecule has 0 aliphatic heterocycles. The van der Waals surface area contributed by atoms with Crippen LogP contribution in [0.4, 0.5) is 11.4 Å². The number of methoxy groups -OCH3 is 1. The van der Waals surface area contributed by atoms with Crippen molar-refractivity contribution in [1.29, 1.82) is 0 Å². The Hall–Kier alpha value is -1.67. The maximum atomic E-state index is 5.78. The van der Waals surface area contributed by atoms with Gasteiger partial charge in [0.25, 0.3) is 0 Å². The average molecular weight is 262 g/mol. The molecule has 0 bridgehead atoms. The lowest BCUT2D eigenvalue weighted by molar-refractivity contribution is 0.415. The third-order valence-electron chi connectivity index (χ3n) is 2.94. The van der Waals surface area contributed by atoms with E-state index < -0.39 is 0 Å². The first kappa shape index (κ1) is 12.8. The first-order valence-electron chi connectivity index (χ1n) is 5.77. The molecule has 94 valence electrons. The van der Waals surface area contributed by atoms with Crippen molar-refractivity contribution in [1.82, 2.24) is 0 Å². The van der Waals surface area contributed by atoms with E-state index in [1.807, 2.05) is 43.4 Å². The molecule has 18 heavy (non-hydrogen) atoms. The minimum Gasteiger partial charge on any atom is -0.497 e. The minimum absolute atomic E-state index is 0.548. The first-order valence-corrected chi connectivity index (χ1v) is 6.30. The SMILES string of the molecule is COc1ccc(N(C)c2ccc(CCl)cc2)cc1. The summed E-state index contributed by atoms with van der Waals surface area (Å²) >= 11 is 5.78. The fraction of sp³-hybridized carbons (Fsp3) is 0.200. The molecule has 0 saturated carbocycles. The summed E-state index contributed by atoms with van der Waals surface area (Å²) in [6.45, 7) is 0. The van der Waals surface area contributed by atoms with Crippen LogP contribution in [0.25, 0.3) is 0 Å². The Morgan fingerprint density at radius 2 is 1.44 bits per heavy atom. The summed E-state index contributed by atoms with van der Waals surface area (Å²) in [6, 6.07) is 16.2. The van der Waals surface area contributed by atoms with Gasteiger partial charge in [-0.3, -0.25) is 0 Å². The van der Waals surface area contributed by atoms with Gasteiger partial charge < -0.3 is 9.64 Å². The molecule has 0 aliphatic rings. The van der Waals surface area contributed by atoms with Gasteiger partial charge in [-0.15, -0.1) is 11.6 Å². The quantitative estimate of drug-likeness (QED) is 0.765. The van der Waals surface area contributed by atoms with Crippen LogP contribution in [-0.2, 0) is 5.88 Å². The summed E-state index contributed by atoms with van der Waals surface area (Å²) in [6.07, 6.45) is 0. The fourth-order valence-corrected chi connectivity index (χ4v) is 1.94. The van der Waals surface area contributed by atoms with E-state index in [1.54, 1.807) is 7.11 Å². The largest absolute Gasteiger partial charge is 0.497 e. The Morgan fingerprint density at radius 3 is 1.89 bits per heavy atom. The number of rotatable bonds is 4. The summed E-state index contributed by atoms with van der Waals surface area (Å²) in [7, 11) is 3.71. The molecular formula is C15H16ClNO. The molecule has 2 aromatic rings. The van der Waals surface area contributed by atoms with Gasteiger partial charge in [-0.05, 0) is 42.0 Å². The van der Waals surface area contributed by atoms with Crippen LogP contribution >= 0.6 is 11.6 Å². The second-order valence-electron chi connectivity index (χ2n) is 4.06. The van der Waals surface area contributed by atoms with Gasteiger partial charge in [0.05, 0.1) is 7.11 Å². The van der Waals surface area contributed by atoms with E-state index in [0.717, 1.165) is 22.7 Å². The standard InChI is InChI=1S/C15H16ClNO/c1-17(13-5-3-12(11-16)4-6-13)14-7-9-15(18-2)10-8-14/h3-10H,11H2,1-2H3. The van der Waals surface area contributed by atoms with Crippen molar-refractivity contribution < 1.29 is 4.74 Å². The zero-order valence-electron chi connectivity index (χ0n) is 10.6. The van der Waals surface area contributed by atoms with Gasteiger partial charge in [0, 0.05) is 24.3 Å². The molecular weight excluding hydrogens is 246 g/mol. The van der Waals surface area contributed by atoms with E-state index in [9.17, 15) is 0 Å². The molecule has 0 atom stereocenters. The fourth-order valence-electron chi connectivity index (χ4n) is 1.76. The van der Waals surface area contributed by atoms with E-state index in [4.69, 9.17) is 16.3 Å². The Labute approximate surface area is 113 Å². The lowest BCUT2D eigenvalue weighted by atomic mass is 10.2. The van der Waals surface area contributed by atoms with Crippen molar-refractivity contribution >= 4 is 23.0 Å². The minimum atomic E-state index is 0.548. The predicted octanol–water partition coefficient (Wildman–Crippen LogP) is 4.20. The third kappa shape index (κ3) is 2.77. The molecule has 0 amide bonds. The molecule has 0 unspecified atom stereocenters. The topological polar surface area (TPSA) is 12.5 Å². The Bertz CT molecular complexity index is 445. The average Bonchev–Trinajstić information content (AvgIpc) is 2.47. The molecule has 3 heteroatoms. The highest BCUT2D eigenvalue weighted by Crippen LogP contribution is 2.25. The van der Waals surface area contributed by atoms with Gasteiger partial charge in [-0.1, -0.05) is 12.1 Å². The molecule has 0 fully saturated rings. The third-order valence-corrected chi connectivity index (χ3v) is 3.25. The zero-order valence-corrected chi connectivity index (χ0v) is 11.3. The molecule has 2 aromatic carbocycles. The number of anilines is 2. The summed E-state index contributed by atoms with van der Waals surface area (Å²) < 4.78 is 5.15. The smallest absolute Gasteiger partial charge is 0.119 e. The highest BCUT2D eigenvalue weighted by Gasteiger charge is 2.03. The van der Waals surface area contributed by atoms with E-state index in [2.05, 4.69) is 17.0 Å². The van der Waals surface area contributed by atoms with Crippen molar-refractivity contribution in [3.8, 4) is 5.75 Å². The molecule has 2 rings (SSSR count).